The maximum atomic E-state index is 12.4. The number of anilines is 1. The SMILES string of the molecule is Cc1cccc(NC(=O)C[NH2+][C@@H](c2ccccc2)c2ccc(OC(F)F)cc2)c1. The molecule has 29 heavy (non-hydrogen) atoms. The van der Waals surface area contributed by atoms with E-state index in [1.54, 1.807) is 12.1 Å². The maximum absolute atomic E-state index is 12.4. The summed E-state index contributed by atoms with van der Waals surface area (Å²) in [5.41, 5.74) is 3.73. The molecule has 0 unspecified atom stereocenters. The Hall–Kier alpha value is -3.25. The van der Waals surface area contributed by atoms with Crippen LogP contribution in [0.2, 0.25) is 0 Å². The number of halogens is 2. The third kappa shape index (κ3) is 6.12. The lowest BCUT2D eigenvalue weighted by molar-refractivity contribution is -0.676. The molecule has 0 radical (unpaired) electrons. The van der Waals surface area contributed by atoms with E-state index >= 15 is 0 Å². The second-order valence-corrected chi connectivity index (χ2v) is 6.69. The first kappa shape index (κ1) is 20.5. The van der Waals surface area contributed by atoms with Crippen LogP contribution in [0.25, 0.3) is 0 Å². The Balaban J connectivity index is 1.72. The lowest BCUT2D eigenvalue weighted by Crippen LogP contribution is -2.87. The summed E-state index contributed by atoms with van der Waals surface area (Å²) in [6.07, 6.45) is 0. The summed E-state index contributed by atoms with van der Waals surface area (Å²) in [6.45, 7) is -0.681. The lowest BCUT2D eigenvalue weighted by atomic mass is 9.98. The molecule has 1 atom stereocenters. The minimum absolute atomic E-state index is 0.104. The normalized spacial score (nSPS) is 11.9. The zero-order valence-corrected chi connectivity index (χ0v) is 16.0. The average Bonchev–Trinajstić information content (AvgIpc) is 2.70. The van der Waals surface area contributed by atoms with Gasteiger partial charge in [-0.2, -0.15) is 8.78 Å². The standard InChI is InChI=1S/C23H22F2N2O2/c1-16-6-5-9-19(14-16)27-21(28)15-26-22(17-7-3-2-4-8-17)18-10-12-20(13-11-18)29-23(24)25/h2-14,22-23,26H,15H2,1H3,(H,27,28)/p+1/t22-/m0/s1. The molecule has 0 aliphatic carbocycles. The highest BCUT2D eigenvalue weighted by Gasteiger charge is 2.19. The number of carbonyl (C=O) groups excluding carboxylic acids is 1. The van der Waals surface area contributed by atoms with E-state index in [2.05, 4.69) is 10.1 Å². The van der Waals surface area contributed by atoms with Crippen LogP contribution in [0.15, 0.2) is 78.9 Å². The predicted molar refractivity (Wildman–Crippen MR) is 108 cm³/mol. The molecule has 150 valence electrons. The number of ether oxygens (including phenoxy) is 1. The number of benzene rings is 3. The van der Waals surface area contributed by atoms with E-state index < -0.39 is 6.61 Å². The van der Waals surface area contributed by atoms with Crippen LogP contribution in [0.5, 0.6) is 5.75 Å². The van der Waals surface area contributed by atoms with Crippen molar-refractivity contribution in [1.82, 2.24) is 0 Å². The number of alkyl halides is 2. The van der Waals surface area contributed by atoms with Crippen molar-refractivity contribution in [2.45, 2.75) is 19.6 Å². The first-order valence-electron chi connectivity index (χ1n) is 9.31. The lowest BCUT2D eigenvalue weighted by Gasteiger charge is -2.17. The fourth-order valence-electron chi connectivity index (χ4n) is 3.14. The van der Waals surface area contributed by atoms with Gasteiger partial charge in [-0.1, -0.05) is 42.5 Å². The summed E-state index contributed by atoms with van der Waals surface area (Å²) in [6, 6.07) is 23.7. The quantitative estimate of drug-likeness (QED) is 0.606. The van der Waals surface area contributed by atoms with E-state index in [9.17, 15) is 13.6 Å². The van der Waals surface area contributed by atoms with E-state index in [0.29, 0.717) is 0 Å². The Morgan fingerprint density at radius 3 is 2.31 bits per heavy atom. The van der Waals surface area contributed by atoms with Crippen LogP contribution in [0, 0.1) is 6.92 Å². The highest BCUT2D eigenvalue weighted by molar-refractivity contribution is 5.91. The minimum Gasteiger partial charge on any atom is -0.435 e. The number of hydrogen-bond acceptors (Lipinski definition) is 2. The molecule has 0 fully saturated rings. The Bertz CT molecular complexity index is 931. The van der Waals surface area contributed by atoms with Crippen molar-refractivity contribution in [3.8, 4) is 5.75 Å². The van der Waals surface area contributed by atoms with Crippen LogP contribution in [0.1, 0.15) is 22.7 Å². The van der Waals surface area contributed by atoms with Crippen molar-refractivity contribution in [3.05, 3.63) is 95.6 Å². The summed E-state index contributed by atoms with van der Waals surface area (Å²) >= 11 is 0. The molecule has 3 N–H and O–H groups in total. The van der Waals surface area contributed by atoms with Crippen LogP contribution < -0.4 is 15.4 Å². The zero-order valence-electron chi connectivity index (χ0n) is 16.0. The van der Waals surface area contributed by atoms with E-state index in [-0.39, 0.29) is 24.2 Å². The number of carbonyl (C=O) groups is 1. The molecular formula is C23H23F2N2O2+. The number of rotatable bonds is 8. The fourth-order valence-corrected chi connectivity index (χ4v) is 3.14. The molecular weight excluding hydrogens is 374 g/mol. The molecule has 1 amide bonds. The van der Waals surface area contributed by atoms with Crippen LogP contribution >= 0.6 is 0 Å². The monoisotopic (exact) mass is 397 g/mol. The molecule has 4 nitrogen and oxygen atoms in total. The average molecular weight is 397 g/mol. The van der Waals surface area contributed by atoms with Crippen LogP contribution in [-0.2, 0) is 4.79 Å². The molecule has 3 aromatic carbocycles. The first-order chi connectivity index (χ1) is 14.0. The first-order valence-corrected chi connectivity index (χ1v) is 9.31. The number of nitrogens with two attached hydrogens (primary N) is 1. The van der Waals surface area contributed by atoms with Gasteiger partial charge in [-0.25, -0.2) is 0 Å². The molecule has 0 bridgehead atoms. The van der Waals surface area contributed by atoms with Gasteiger partial charge in [0.1, 0.15) is 11.8 Å². The third-order valence-electron chi connectivity index (χ3n) is 4.46. The van der Waals surface area contributed by atoms with Gasteiger partial charge < -0.3 is 15.4 Å². The van der Waals surface area contributed by atoms with Gasteiger partial charge in [-0.3, -0.25) is 4.79 Å². The summed E-state index contributed by atoms with van der Waals surface area (Å²) in [5, 5.41) is 4.82. The van der Waals surface area contributed by atoms with Crippen molar-refractivity contribution < 1.29 is 23.6 Å². The number of amides is 1. The zero-order chi connectivity index (χ0) is 20.6. The van der Waals surface area contributed by atoms with Crippen molar-refractivity contribution in [2.24, 2.45) is 0 Å². The van der Waals surface area contributed by atoms with Gasteiger partial charge in [0.2, 0.25) is 0 Å². The largest absolute Gasteiger partial charge is 0.435 e. The summed E-state index contributed by atoms with van der Waals surface area (Å²) in [5.74, 6) is -0.0121. The van der Waals surface area contributed by atoms with E-state index in [1.807, 2.05) is 66.8 Å². The van der Waals surface area contributed by atoms with Gasteiger partial charge in [0.05, 0.1) is 0 Å². The smallest absolute Gasteiger partial charge is 0.387 e. The second-order valence-electron chi connectivity index (χ2n) is 6.69. The van der Waals surface area contributed by atoms with Crippen LogP contribution in [0.3, 0.4) is 0 Å². The predicted octanol–water partition coefficient (Wildman–Crippen LogP) is 3.89. The summed E-state index contributed by atoms with van der Waals surface area (Å²) < 4.78 is 29.2. The van der Waals surface area contributed by atoms with Gasteiger partial charge in [0.15, 0.2) is 6.54 Å². The minimum atomic E-state index is -2.86. The highest BCUT2D eigenvalue weighted by atomic mass is 19.3. The van der Waals surface area contributed by atoms with Gasteiger partial charge in [0.25, 0.3) is 5.91 Å². The van der Waals surface area contributed by atoms with Gasteiger partial charge >= 0.3 is 6.61 Å². The maximum Gasteiger partial charge on any atom is 0.387 e. The molecule has 3 rings (SSSR count). The Morgan fingerprint density at radius 1 is 0.966 bits per heavy atom. The molecule has 0 aliphatic rings. The van der Waals surface area contributed by atoms with Crippen LogP contribution in [-0.4, -0.2) is 19.1 Å². The molecule has 0 saturated carbocycles. The van der Waals surface area contributed by atoms with E-state index in [1.165, 1.54) is 12.1 Å². The topological polar surface area (TPSA) is 54.9 Å². The Morgan fingerprint density at radius 2 is 1.66 bits per heavy atom. The molecule has 0 aliphatic heterocycles. The summed E-state index contributed by atoms with van der Waals surface area (Å²) in [7, 11) is 0. The number of aryl methyl sites for hydroxylation is 1. The number of nitrogens with one attached hydrogen (secondary N) is 1. The molecule has 0 heterocycles. The van der Waals surface area contributed by atoms with Crippen molar-refractivity contribution in [3.63, 3.8) is 0 Å². The van der Waals surface area contributed by atoms with E-state index in [4.69, 9.17) is 0 Å². The van der Waals surface area contributed by atoms with Crippen LogP contribution in [0.4, 0.5) is 14.5 Å². The molecule has 0 aromatic heterocycles. The number of hydrogen-bond donors (Lipinski definition) is 2. The third-order valence-corrected chi connectivity index (χ3v) is 4.46. The fraction of sp³-hybridized carbons (Fsp3) is 0.174. The van der Waals surface area contributed by atoms with Gasteiger partial charge in [-0.15, -0.1) is 0 Å². The summed E-state index contributed by atoms with van der Waals surface area (Å²) in [4.78, 5) is 12.4. The number of quaternary nitrogens is 1. The molecule has 6 heteroatoms. The van der Waals surface area contributed by atoms with Gasteiger partial charge in [-0.05, 0) is 48.9 Å². The van der Waals surface area contributed by atoms with Crippen molar-refractivity contribution in [1.29, 1.82) is 0 Å². The van der Waals surface area contributed by atoms with Crippen molar-refractivity contribution in [2.75, 3.05) is 11.9 Å². The Kier molecular flexibility index (Phi) is 6.92. The highest BCUT2D eigenvalue weighted by Crippen LogP contribution is 2.22. The van der Waals surface area contributed by atoms with E-state index in [0.717, 1.165) is 22.4 Å². The Labute approximate surface area is 168 Å². The molecule has 0 saturated heterocycles. The second kappa shape index (κ2) is 9.80. The van der Waals surface area contributed by atoms with Crippen molar-refractivity contribution >= 4 is 11.6 Å². The molecule has 3 aromatic rings. The van der Waals surface area contributed by atoms with Gasteiger partial charge in [0, 0.05) is 16.8 Å². The molecule has 0 spiro atoms.